The van der Waals surface area contributed by atoms with Gasteiger partial charge in [-0.05, 0) is 12.8 Å². The highest BCUT2D eigenvalue weighted by molar-refractivity contribution is 5.70. The van der Waals surface area contributed by atoms with Crippen LogP contribution in [-0.4, -0.2) is 36.4 Å². The fraction of sp³-hybridized carbons (Fsp3) is 0.946. The molecular formula is C37H72O5. The lowest BCUT2D eigenvalue weighted by atomic mass is 10.0. The molecule has 250 valence electrons. The molecule has 0 rings (SSSR count). The molecule has 1 atom stereocenters. The predicted octanol–water partition coefficient (Wildman–Crippen LogP) is 11.2. The molecule has 0 saturated heterocycles. The van der Waals surface area contributed by atoms with Gasteiger partial charge in [-0.3, -0.25) is 9.59 Å². The van der Waals surface area contributed by atoms with Crippen LogP contribution in [0.1, 0.15) is 206 Å². The average molecular weight is 597 g/mol. The smallest absolute Gasteiger partial charge is 0.306 e. The Kier molecular flexibility index (Phi) is 33.5. The van der Waals surface area contributed by atoms with Crippen LogP contribution in [0, 0.1) is 0 Å². The van der Waals surface area contributed by atoms with Crippen LogP contribution >= 0.6 is 0 Å². The lowest BCUT2D eigenvalue weighted by molar-refractivity contribution is -0.161. The zero-order valence-electron chi connectivity index (χ0n) is 28.3. The van der Waals surface area contributed by atoms with Gasteiger partial charge in [0.1, 0.15) is 6.61 Å². The van der Waals surface area contributed by atoms with Crippen LogP contribution in [0.5, 0.6) is 0 Å². The van der Waals surface area contributed by atoms with Crippen LogP contribution < -0.4 is 0 Å². The molecule has 5 nitrogen and oxygen atoms in total. The summed E-state index contributed by atoms with van der Waals surface area (Å²) in [6.07, 6.45) is 36.1. The van der Waals surface area contributed by atoms with Gasteiger partial charge in [0.2, 0.25) is 0 Å². The number of carbonyl (C=O) groups excluding carboxylic acids is 2. The molecule has 0 unspecified atom stereocenters. The summed E-state index contributed by atoms with van der Waals surface area (Å²) in [5.74, 6) is -0.586. The number of carbonyl (C=O) groups is 2. The number of ether oxygens (including phenoxy) is 2. The first-order chi connectivity index (χ1) is 20.6. The zero-order chi connectivity index (χ0) is 30.8. The Morgan fingerprint density at radius 1 is 0.452 bits per heavy atom. The van der Waals surface area contributed by atoms with Crippen molar-refractivity contribution in [1.29, 1.82) is 0 Å². The number of aliphatic hydroxyl groups is 1. The van der Waals surface area contributed by atoms with Gasteiger partial charge in [0, 0.05) is 12.8 Å². The second-order valence-corrected chi connectivity index (χ2v) is 12.7. The fourth-order valence-corrected chi connectivity index (χ4v) is 5.55. The highest BCUT2D eigenvalue weighted by atomic mass is 16.6. The summed E-state index contributed by atoms with van der Waals surface area (Å²) in [7, 11) is 0. The van der Waals surface area contributed by atoms with Gasteiger partial charge in [0.05, 0.1) is 6.61 Å². The van der Waals surface area contributed by atoms with Crippen LogP contribution in [0.25, 0.3) is 0 Å². The standard InChI is InChI=1S/C37H72O5/c1-3-5-7-9-11-12-13-14-15-16-17-18-19-20-21-22-23-24-26-28-30-32-37(40)42-35(33-38)34-41-36(39)31-29-27-25-10-8-6-4-2/h35,38H,3-34H2,1-2H3/t35-/m0/s1. The van der Waals surface area contributed by atoms with Gasteiger partial charge < -0.3 is 14.6 Å². The Hall–Kier alpha value is -1.10. The molecule has 1 N–H and O–H groups in total. The van der Waals surface area contributed by atoms with E-state index in [9.17, 15) is 14.7 Å². The van der Waals surface area contributed by atoms with E-state index in [0.29, 0.717) is 12.8 Å². The molecule has 0 heterocycles. The van der Waals surface area contributed by atoms with Gasteiger partial charge >= 0.3 is 11.9 Å². The van der Waals surface area contributed by atoms with Gasteiger partial charge in [0.15, 0.2) is 6.10 Å². The normalized spacial score (nSPS) is 12.0. The van der Waals surface area contributed by atoms with E-state index in [1.54, 1.807) is 0 Å². The van der Waals surface area contributed by atoms with Gasteiger partial charge in [-0.2, -0.15) is 0 Å². The Morgan fingerprint density at radius 3 is 1.05 bits per heavy atom. The SMILES string of the molecule is CCCCCCCCCCCCCCCCCCCCCCCC(=O)O[C@@H](CO)COC(=O)CCCCCCCCC. The van der Waals surface area contributed by atoms with Crippen molar-refractivity contribution < 1.29 is 24.2 Å². The first-order valence-electron chi connectivity index (χ1n) is 18.6. The van der Waals surface area contributed by atoms with Crippen molar-refractivity contribution in [2.24, 2.45) is 0 Å². The largest absolute Gasteiger partial charge is 0.462 e. The molecule has 0 aromatic carbocycles. The van der Waals surface area contributed by atoms with Crippen molar-refractivity contribution >= 4 is 11.9 Å². The average Bonchev–Trinajstić information content (AvgIpc) is 2.99. The number of esters is 2. The number of hydrogen-bond acceptors (Lipinski definition) is 5. The van der Waals surface area contributed by atoms with Crippen molar-refractivity contribution in [3.05, 3.63) is 0 Å². The summed E-state index contributed by atoms with van der Waals surface area (Å²) < 4.78 is 10.5. The monoisotopic (exact) mass is 597 g/mol. The van der Waals surface area contributed by atoms with Crippen LogP contribution in [0.2, 0.25) is 0 Å². The Labute approximate surface area is 261 Å². The molecule has 0 amide bonds. The minimum absolute atomic E-state index is 0.0586. The van der Waals surface area contributed by atoms with Gasteiger partial charge in [-0.25, -0.2) is 0 Å². The summed E-state index contributed by atoms with van der Waals surface area (Å²) >= 11 is 0. The molecule has 5 heteroatoms. The first kappa shape index (κ1) is 40.9. The zero-order valence-corrected chi connectivity index (χ0v) is 28.3. The van der Waals surface area contributed by atoms with E-state index in [1.807, 2.05) is 0 Å². The van der Waals surface area contributed by atoms with Crippen LogP contribution in [0.4, 0.5) is 0 Å². The summed E-state index contributed by atoms with van der Waals surface area (Å²) in [5, 5.41) is 9.48. The Morgan fingerprint density at radius 2 is 0.738 bits per heavy atom. The summed E-state index contributed by atoms with van der Waals surface area (Å²) in [4.78, 5) is 24.0. The van der Waals surface area contributed by atoms with E-state index in [4.69, 9.17) is 9.47 Å². The molecule has 0 saturated carbocycles. The molecular weight excluding hydrogens is 524 g/mol. The third-order valence-electron chi connectivity index (χ3n) is 8.40. The molecule has 0 bridgehead atoms. The van der Waals surface area contributed by atoms with Gasteiger partial charge in [-0.15, -0.1) is 0 Å². The fourth-order valence-electron chi connectivity index (χ4n) is 5.55. The van der Waals surface area contributed by atoms with E-state index in [0.717, 1.165) is 38.5 Å². The number of rotatable bonds is 34. The molecule has 0 aromatic rings. The molecule has 0 spiro atoms. The Balaban J connectivity index is 3.43. The highest BCUT2D eigenvalue weighted by Gasteiger charge is 2.16. The first-order valence-corrected chi connectivity index (χ1v) is 18.6. The summed E-state index contributed by atoms with van der Waals surface area (Å²) in [6.45, 7) is 4.11. The molecule has 0 aliphatic heterocycles. The quantitative estimate of drug-likeness (QED) is 0.0591. The maximum Gasteiger partial charge on any atom is 0.306 e. The van der Waals surface area contributed by atoms with Gasteiger partial charge in [-0.1, -0.05) is 181 Å². The van der Waals surface area contributed by atoms with E-state index in [-0.39, 0.29) is 25.2 Å². The maximum atomic E-state index is 12.1. The second-order valence-electron chi connectivity index (χ2n) is 12.7. The molecule has 0 aromatic heterocycles. The van der Waals surface area contributed by atoms with E-state index >= 15 is 0 Å². The third-order valence-corrected chi connectivity index (χ3v) is 8.40. The highest BCUT2D eigenvalue weighted by Crippen LogP contribution is 2.15. The molecule has 42 heavy (non-hydrogen) atoms. The molecule has 0 aliphatic carbocycles. The third kappa shape index (κ3) is 31.8. The Bertz CT molecular complexity index is 564. The molecule has 0 aliphatic rings. The van der Waals surface area contributed by atoms with Crippen LogP contribution in [0.3, 0.4) is 0 Å². The van der Waals surface area contributed by atoms with Crippen molar-refractivity contribution in [3.63, 3.8) is 0 Å². The van der Waals surface area contributed by atoms with E-state index in [1.165, 1.54) is 141 Å². The topological polar surface area (TPSA) is 72.8 Å². The van der Waals surface area contributed by atoms with Crippen molar-refractivity contribution in [2.75, 3.05) is 13.2 Å². The van der Waals surface area contributed by atoms with Crippen molar-refractivity contribution in [3.8, 4) is 0 Å². The van der Waals surface area contributed by atoms with Crippen molar-refractivity contribution in [1.82, 2.24) is 0 Å². The molecule has 0 fully saturated rings. The predicted molar refractivity (Wildman–Crippen MR) is 178 cm³/mol. The lowest BCUT2D eigenvalue weighted by Gasteiger charge is -2.15. The maximum absolute atomic E-state index is 12.1. The van der Waals surface area contributed by atoms with Crippen LogP contribution in [0.15, 0.2) is 0 Å². The number of unbranched alkanes of at least 4 members (excludes halogenated alkanes) is 26. The summed E-state index contributed by atoms with van der Waals surface area (Å²) in [5.41, 5.74) is 0. The summed E-state index contributed by atoms with van der Waals surface area (Å²) in [6, 6.07) is 0. The number of aliphatic hydroxyl groups excluding tert-OH is 1. The van der Waals surface area contributed by atoms with Crippen LogP contribution in [-0.2, 0) is 19.1 Å². The number of hydrogen-bond donors (Lipinski definition) is 1. The lowest BCUT2D eigenvalue weighted by Crippen LogP contribution is -2.28. The van der Waals surface area contributed by atoms with Crippen molar-refractivity contribution in [2.45, 2.75) is 213 Å². The minimum atomic E-state index is -0.759. The second kappa shape index (κ2) is 34.4. The minimum Gasteiger partial charge on any atom is -0.462 e. The van der Waals surface area contributed by atoms with E-state index < -0.39 is 6.10 Å². The van der Waals surface area contributed by atoms with E-state index in [2.05, 4.69) is 13.8 Å². The van der Waals surface area contributed by atoms with Gasteiger partial charge in [0.25, 0.3) is 0 Å². The molecule has 0 radical (unpaired) electrons.